The molecule has 1 fully saturated rings. The van der Waals surface area contributed by atoms with E-state index >= 15 is 0 Å². The molecule has 0 bridgehead atoms. The molecule has 4 heteroatoms. The summed E-state index contributed by atoms with van der Waals surface area (Å²) in [5.74, 6) is 0.377. The summed E-state index contributed by atoms with van der Waals surface area (Å²) in [4.78, 5) is 13.5. The SMILES string of the molecule is CCC1CCCN(Cc2ccc(C(N)=O)cc2N)C1. The number of hydrogen-bond donors (Lipinski definition) is 2. The number of amides is 1. The quantitative estimate of drug-likeness (QED) is 0.814. The summed E-state index contributed by atoms with van der Waals surface area (Å²) >= 11 is 0. The maximum absolute atomic E-state index is 11.1. The van der Waals surface area contributed by atoms with Gasteiger partial charge in [-0.2, -0.15) is 0 Å². The predicted molar refractivity (Wildman–Crippen MR) is 77.7 cm³/mol. The Bertz CT molecular complexity index is 459. The molecule has 0 spiro atoms. The molecule has 19 heavy (non-hydrogen) atoms. The van der Waals surface area contributed by atoms with Crippen LogP contribution in [0.4, 0.5) is 5.69 Å². The average molecular weight is 261 g/mol. The molecule has 0 radical (unpaired) electrons. The second kappa shape index (κ2) is 6.06. The Labute approximate surface area is 114 Å². The van der Waals surface area contributed by atoms with Gasteiger partial charge in [0.1, 0.15) is 0 Å². The number of nitrogens with two attached hydrogens (primary N) is 2. The summed E-state index contributed by atoms with van der Waals surface area (Å²) in [6, 6.07) is 5.36. The number of hydrogen-bond acceptors (Lipinski definition) is 3. The maximum atomic E-state index is 11.1. The minimum Gasteiger partial charge on any atom is -0.398 e. The van der Waals surface area contributed by atoms with Crippen molar-refractivity contribution in [3.8, 4) is 0 Å². The number of nitrogens with zero attached hydrogens (tertiary/aromatic N) is 1. The van der Waals surface area contributed by atoms with Crippen LogP contribution in [0.25, 0.3) is 0 Å². The maximum Gasteiger partial charge on any atom is 0.248 e. The Morgan fingerprint density at radius 3 is 2.89 bits per heavy atom. The fraction of sp³-hybridized carbons (Fsp3) is 0.533. The largest absolute Gasteiger partial charge is 0.398 e. The lowest BCUT2D eigenvalue weighted by Gasteiger charge is -2.32. The number of nitrogen functional groups attached to an aromatic ring is 1. The van der Waals surface area contributed by atoms with Crippen LogP contribution in [-0.2, 0) is 6.54 Å². The summed E-state index contributed by atoms with van der Waals surface area (Å²) in [7, 11) is 0. The van der Waals surface area contributed by atoms with E-state index in [9.17, 15) is 4.79 Å². The first-order chi connectivity index (χ1) is 9.10. The van der Waals surface area contributed by atoms with E-state index in [0.717, 1.165) is 31.1 Å². The van der Waals surface area contributed by atoms with Crippen molar-refractivity contribution in [1.82, 2.24) is 4.90 Å². The second-order valence-corrected chi connectivity index (χ2v) is 5.43. The van der Waals surface area contributed by atoms with E-state index in [1.165, 1.54) is 19.3 Å². The molecule has 1 unspecified atom stereocenters. The van der Waals surface area contributed by atoms with Gasteiger partial charge in [-0.3, -0.25) is 9.69 Å². The Kier molecular flexibility index (Phi) is 4.43. The van der Waals surface area contributed by atoms with Gasteiger partial charge in [0.2, 0.25) is 5.91 Å². The smallest absolute Gasteiger partial charge is 0.248 e. The highest BCUT2D eigenvalue weighted by Crippen LogP contribution is 2.23. The van der Waals surface area contributed by atoms with E-state index < -0.39 is 5.91 Å². The number of carbonyl (C=O) groups is 1. The summed E-state index contributed by atoms with van der Waals surface area (Å²) in [6.45, 7) is 5.40. The molecule has 0 saturated carbocycles. The fourth-order valence-electron chi connectivity index (χ4n) is 2.76. The zero-order valence-corrected chi connectivity index (χ0v) is 11.6. The number of benzene rings is 1. The van der Waals surface area contributed by atoms with Crippen molar-refractivity contribution in [2.45, 2.75) is 32.7 Å². The molecule has 0 aliphatic carbocycles. The lowest BCUT2D eigenvalue weighted by Crippen LogP contribution is -2.34. The van der Waals surface area contributed by atoms with Gasteiger partial charge < -0.3 is 11.5 Å². The third kappa shape index (κ3) is 3.47. The highest BCUT2D eigenvalue weighted by Gasteiger charge is 2.19. The Morgan fingerprint density at radius 2 is 2.26 bits per heavy atom. The number of rotatable bonds is 4. The first-order valence-corrected chi connectivity index (χ1v) is 7.00. The predicted octanol–water partition coefficient (Wildman–Crippen LogP) is 1.99. The molecule has 1 aliphatic heterocycles. The molecule has 0 aromatic heterocycles. The van der Waals surface area contributed by atoms with Gasteiger partial charge in [0.25, 0.3) is 0 Å². The second-order valence-electron chi connectivity index (χ2n) is 5.43. The van der Waals surface area contributed by atoms with E-state index in [0.29, 0.717) is 11.3 Å². The number of piperidine rings is 1. The zero-order valence-electron chi connectivity index (χ0n) is 11.6. The lowest BCUT2D eigenvalue weighted by atomic mass is 9.95. The van der Waals surface area contributed by atoms with Gasteiger partial charge in [-0.1, -0.05) is 19.4 Å². The Balaban J connectivity index is 2.04. The molecule has 2 rings (SSSR count). The minimum absolute atomic E-state index is 0.428. The molecule has 1 amide bonds. The highest BCUT2D eigenvalue weighted by molar-refractivity contribution is 5.93. The van der Waals surface area contributed by atoms with Crippen LogP contribution in [0.5, 0.6) is 0 Å². The molecule has 1 aromatic carbocycles. The van der Waals surface area contributed by atoms with E-state index in [-0.39, 0.29) is 0 Å². The monoisotopic (exact) mass is 261 g/mol. The summed E-state index contributed by atoms with van der Waals surface area (Å²) < 4.78 is 0. The van der Waals surface area contributed by atoms with Crippen LogP contribution in [0.3, 0.4) is 0 Å². The number of carbonyl (C=O) groups excluding carboxylic acids is 1. The van der Waals surface area contributed by atoms with E-state index in [1.807, 2.05) is 6.07 Å². The van der Waals surface area contributed by atoms with Gasteiger partial charge in [-0.15, -0.1) is 0 Å². The highest BCUT2D eigenvalue weighted by atomic mass is 16.1. The van der Waals surface area contributed by atoms with Gasteiger partial charge in [0.15, 0.2) is 0 Å². The lowest BCUT2D eigenvalue weighted by molar-refractivity contribution is 0.100. The van der Waals surface area contributed by atoms with Gasteiger partial charge in [0, 0.05) is 24.3 Å². The van der Waals surface area contributed by atoms with Crippen molar-refractivity contribution in [3.63, 3.8) is 0 Å². The van der Waals surface area contributed by atoms with Crippen LogP contribution in [0.15, 0.2) is 18.2 Å². The molecule has 1 saturated heterocycles. The first kappa shape index (κ1) is 13.9. The molecular formula is C15H23N3O. The van der Waals surface area contributed by atoms with E-state index in [1.54, 1.807) is 12.1 Å². The van der Waals surface area contributed by atoms with E-state index in [2.05, 4.69) is 11.8 Å². The van der Waals surface area contributed by atoms with Gasteiger partial charge in [0.05, 0.1) is 0 Å². The van der Waals surface area contributed by atoms with Crippen molar-refractivity contribution in [2.75, 3.05) is 18.8 Å². The summed E-state index contributed by atoms with van der Waals surface area (Å²) in [5, 5.41) is 0. The summed E-state index contributed by atoms with van der Waals surface area (Å²) in [5.41, 5.74) is 13.5. The third-order valence-electron chi connectivity index (χ3n) is 4.00. The van der Waals surface area contributed by atoms with Crippen molar-refractivity contribution in [3.05, 3.63) is 29.3 Å². The Hall–Kier alpha value is -1.55. The van der Waals surface area contributed by atoms with Crippen LogP contribution < -0.4 is 11.5 Å². The standard InChI is InChI=1S/C15H23N3O/c1-2-11-4-3-7-18(9-11)10-13-6-5-12(15(17)19)8-14(13)16/h5-6,8,11H,2-4,7,9-10,16H2,1H3,(H2,17,19). The van der Waals surface area contributed by atoms with Gasteiger partial charge in [-0.05, 0) is 43.0 Å². The number of primary amides is 1. The van der Waals surface area contributed by atoms with Crippen LogP contribution in [0.1, 0.15) is 42.1 Å². The van der Waals surface area contributed by atoms with Crippen molar-refractivity contribution in [2.24, 2.45) is 11.7 Å². The molecule has 104 valence electrons. The molecule has 4 N–H and O–H groups in total. The Morgan fingerprint density at radius 1 is 1.47 bits per heavy atom. The molecule has 1 atom stereocenters. The van der Waals surface area contributed by atoms with Crippen LogP contribution in [0.2, 0.25) is 0 Å². The fourth-order valence-corrected chi connectivity index (χ4v) is 2.76. The van der Waals surface area contributed by atoms with Crippen LogP contribution >= 0.6 is 0 Å². The molecule has 1 heterocycles. The topological polar surface area (TPSA) is 72.3 Å². The van der Waals surface area contributed by atoms with Crippen molar-refractivity contribution in [1.29, 1.82) is 0 Å². The molecule has 1 aromatic rings. The third-order valence-corrected chi connectivity index (χ3v) is 4.00. The molecular weight excluding hydrogens is 238 g/mol. The van der Waals surface area contributed by atoms with E-state index in [4.69, 9.17) is 11.5 Å². The number of anilines is 1. The van der Waals surface area contributed by atoms with Crippen LogP contribution in [0, 0.1) is 5.92 Å². The first-order valence-electron chi connectivity index (χ1n) is 7.00. The molecule has 1 aliphatic rings. The number of likely N-dealkylation sites (tertiary alicyclic amines) is 1. The normalized spacial score (nSPS) is 20.4. The zero-order chi connectivity index (χ0) is 13.8. The van der Waals surface area contributed by atoms with Gasteiger partial charge >= 0.3 is 0 Å². The van der Waals surface area contributed by atoms with Gasteiger partial charge in [-0.25, -0.2) is 0 Å². The average Bonchev–Trinajstić information content (AvgIpc) is 2.41. The summed E-state index contributed by atoms with van der Waals surface area (Å²) in [6.07, 6.45) is 3.84. The molecule has 4 nitrogen and oxygen atoms in total. The van der Waals surface area contributed by atoms with Crippen LogP contribution in [-0.4, -0.2) is 23.9 Å². The van der Waals surface area contributed by atoms with Crippen molar-refractivity contribution < 1.29 is 4.79 Å². The van der Waals surface area contributed by atoms with Crippen molar-refractivity contribution >= 4 is 11.6 Å². The minimum atomic E-state index is -0.428.